The normalized spacial score (nSPS) is 13.5. The maximum atomic E-state index is 2.43. The first-order valence-corrected chi connectivity index (χ1v) is 15.5. The molecule has 0 fully saturated rings. The van der Waals surface area contributed by atoms with E-state index in [2.05, 4.69) is 192 Å². The van der Waals surface area contributed by atoms with Crippen molar-refractivity contribution in [3.05, 3.63) is 204 Å². The van der Waals surface area contributed by atoms with Crippen molar-refractivity contribution >= 4 is 34.1 Å². The highest BCUT2D eigenvalue weighted by molar-refractivity contribution is 6.01. The molecule has 1 spiro atoms. The molecule has 45 heavy (non-hydrogen) atoms. The van der Waals surface area contributed by atoms with Gasteiger partial charge in [0, 0.05) is 22.6 Å². The summed E-state index contributed by atoms with van der Waals surface area (Å²) in [6.45, 7) is 0. The SMILES string of the molecule is c1ccc(N(c2ccccc2)c2cccc3c2-c2ccccc2C32c3ccccc3N(c3ccccc3)c3ccccc32)cc1. The van der Waals surface area contributed by atoms with Gasteiger partial charge in [-0.25, -0.2) is 0 Å². The smallest absolute Gasteiger partial charge is 0.0755 e. The molecule has 7 aromatic rings. The van der Waals surface area contributed by atoms with Crippen molar-refractivity contribution in [2.45, 2.75) is 5.41 Å². The summed E-state index contributed by atoms with van der Waals surface area (Å²) in [6, 6.07) is 66.1. The Kier molecular flexibility index (Phi) is 5.76. The molecule has 0 amide bonds. The fraction of sp³-hybridized carbons (Fsp3) is 0.0233. The highest BCUT2D eigenvalue weighted by Gasteiger charge is 2.52. The van der Waals surface area contributed by atoms with Crippen molar-refractivity contribution in [1.82, 2.24) is 0 Å². The molecule has 0 N–H and O–H groups in total. The fourth-order valence-electron chi connectivity index (χ4n) is 7.76. The number of fused-ring (bicyclic) bond motifs is 9. The third kappa shape index (κ3) is 3.63. The summed E-state index contributed by atoms with van der Waals surface area (Å²) in [5.41, 5.74) is 14.3. The van der Waals surface area contributed by atoms with Gasteiger partial charge < -0.3 is 9.80 Å². The second-order valence-corrected chi connectivity index (χ2v) is 11.7. The summed E-state index contributed by atoms with van der Waals surface area (Å²) in [7, 11) is 0. The summed E-state index contributed by atoms with van der Waals surface area (Å²) in [5.74, 6) is 0. The molecule has 0 aromatic heterocycles. The molecule has 2 nitrogen and oxygen atoms in total. The number of para-hydroxylation sites is 5. The van der Waals surface area contributed by atoms with E-state index in [9.17, 15) is 0 Å². The standard InChI is InChI=1S/C43H30N2/c1-4-17-31(18-5-1)44(32-19-6-2-7-20-32)41-30-16-27-38-42(41)34-23-10-11-24-35(34)43(38)36-25-12-14-28-39(36)45(33-21-8-3-9-22-33)40-29-15-13-26-37(40)43/h1-30H. The van der Waals surface area contributed by atoms with Gasteiger partial charge in [0.15, 0.2) is 0 Å². The second kappa shape index (κ2) is 10.1. The molecular weight excluding hydrogens is 544 g/mol. The van der Waals surface area contributed by atoms with E-state index in [1.54, 1.807) is 0 Å². The Morgan fingerprint density at radius 1 is 0.378 bits per heavy atom. The highest BCUT2D eigenvalue weighted by Crippen LogP contribution is 2.65. The molecule has 9 rings (SSSR count). The Hall–Kier alpha value is -5.86. The van der Waals surface area contributed by atoms with E-state index in [1.807, 2.05) is 0 Å². The van der Waals surface area contributed by atoms with Gasteiger partial charge in [0.05, 0.1) is 22.5 Å². The average Bonchev–Trinajstić information content (AvgIpc) is 3.41. The molecule has 0 saturated heterocycles. The van der Waals surface area contributed by atoms with E-state index < -0.39 is 5.41 Å². The van der Waals surface area contributed by atoms with Crippen LogP contribution >= 0.6 is 0 Å². The van der Waals surface area contributed by atoms with Crippen LogP contribution in [-0.2, 0) is 5.41 Å². The second-order valence-electron chi connectivity index (χ2n) is 11.7. The monoisotopic (exact) mass is 574 g/mol. The van der Waals surface area contributed by atoms with Gasteiger partial charge >= 0.3 is 0 Å². The van der Waals surface area contributed by atoms with Crippen molar-refractivity contribution in [3.8, 4) is 11.1 Å². The van der Waals surface area contributed by atoms with Crippen LogP contribution in [0.3, 0.4) is 0 Å². The Labute approximate surface area is 264 Å². The summed E-state index contributed by atoms with van der Waals surface area (Å²) < 4.78 is 0. The third-order valence-corrected chi connectivity index (χ3v) is 9.43. The summed E-state index contributed by atoms with van der Waals surface area (Å²) >= 11 is 0. The molecule has 0 atom stereocenters. The summed E-state index contributed by atoms with van der Waals surface area (Å²) in [4.78, 5) is 4.84. The molecule has 212 valence electrons. The van der Waals surface area contributed by atoms with Crippen molar-refractivity contribution in [2.24, 2.45) is 0 Å². The van der Waals surface area contributed by atoms with Gasteiger partial charge in [-0.2, -0.15) is 0 Å². The van der Waals surface area contributed by atoms with Gasteiger partial charge in [0.1, 0.15) is 0 Å². The minimum absolute atomic E-state index is 0.487. The van der Waals surface area contributed by atoms with Crippen LogP contribution < -0.4 is 9.80 Å². The lowest BCUT2D eigenvalue weighted by atomic mass is 9.64. The van der Waals surface area contributed by atoms with E-state index >= 15 is 0 Å². The first-order valence-electron chi connectivity index (χ1n) is 15.5. The molecule has 0 saturated carbocycles. The number of rotatable bonds is 4. The van der Waals surface area contributed by atoms with Gasteiger partial charge in [-0.05, 0) is 82.4 Å². The predicted molar refractivity (Wildman–Crippen MR) is 187 cm³/mol. The lowest BCUT2D eigenvalue weighted by molar-refractivity contribution is 0.752. The minimum atomic E-state index is -0.487. The van der Waals surface area contributed by atoms with Crippen LogP contribution in [0.2, 0.25) is 0 Å². The van der Waals surface area contributed by atoms with Gasteiger partial charge in [-0.3, -0.25) is 0 Å². The molecule has 2 aliphatic rings. The molecule has 1 heterocycles. The number of benzene rings is 7. The Morgan fingerprint density at radius 3 is 1.44 bits per heavy atom. The van der Waals surface area contributed by atoms with Crippen molar-refractivity contribution in [3.63, 3.8) is 0 Å². The van der Waals surface area contributed by atoms with E-state index in [0.29, 0.717) is 0 Å². The molecule has 1 aliphatic carbocycles. The number of hydrogen-bond donors (Lipinski definition) is 0. The van der Waals surface area contributed by atoms with Crippen LogP contribution in [0.15, 0.2) is 182 Å². The summed E-state index contributed by atoms with van der Waals surface area (Å²) in [5, 5.41) is 0. The van der Waals surface area contributed by atoms with Crippen LogP contribution in [0.5, 0.6) is 0 Å². The van der Waals surface area contributed by atoms with Crippen LogP contribution in [0.1, 0.15) is 22.3 Å². The molecule has 2 heteroatoms. The first-order chi connectivity index (χ1) is 22.4. The van der Waals surface area contributed by atoms with Crippen molar-refractivity contribution in [1.29, 1.82) is 0 Å². The van der Waals surface area contributed by atoms with Gasteiger partial charge in [-0.1, -0.05) is 127 Å². The number of nitrogens with zero attached hydrogens (tertiary/aromatic N) is 2. The molecular formula is C43H30N2. The van der Waals surface area contributed by atoms with Gasteiger partial charge in [-0.15, -0.1) is 0 Å². The number of hydrogen-bond acceptors (Lipinski definition) is 2. The van der Waals surface area contributed by atoms with Crippen molar-refractivity contribution in [2.75, 3.05) is 9.80 Å². The van der Waals surface area contributed by atoms with E-state index in [0.717, 1.165) is 17.1 Å². The van der Waals surface area contributed by atoms with Gasteiger partial charge in [0.25, 0.3) is 0 Å². The summed E-state index contributed by atoms with van der Waals surface area (Å²) in [6.07, 6.45) is 0. The van der Waals surface area contributed by atoms with Crippen LogP contribution in [0.4, 0.5) is 34.1 Å². The Balaban J connectivity index is 1.40. The van der Waals surface area contributed by atoms with Crippen LogP contribution in [-0.4, -0.2) is 0 Å². The third-order valence-electron chi connectivity index (χ3n) is 9.43. The van der Waals surface area contributed by atoms with Gasteiger partial charge in [0.2, 0.25) is 0 Å². The average molecular weight is 575 g/mol. The zero-order valence-corrected chi connectivity index (χ0v) is 24.7. The fourth-order valence-corrected chi connectivity index (χ4v) is 7.76. The lowest BCUT2D eigenvalue weighted by Gasteiger charge is -2.45. The van der Waals surface area contributed by atoms with Crippen LogP contribution in [0, 0.1) is 0 Å². The maximum Gasteiger partial charge on any atom is 0.0755 e. The van der Waals surface area contributed by atoms with E-state index in [-0.39, 0.29) is 0 Å². The number of anilines is 6. The maximum absolute atomic E-state index is 2.43. The molecule has 0 bridgehead atoms. The lowest BCUT2D eigenvalue weighted by Crippen LogP contribution is -2.36. The first kappa shape index (κ1) is 25.6. The predicted octanol–water partition coefficient (Wildman–Crippen LogP) is 11.3. The quantitative estimate of drug-likeness (QED) is 0.206. The zero-order valence-electron chi connectivity index (χ0n) is 24.7. The zero-order chi connectivity index (χ0) is 29.8. The van der Waals surface area contributed by atoms with E-state index in [1.165, 1.54) is 50.4 Å². The molecule has 0 radical (unpaired) electrons. The van der Waals surface area contributed by atoms with E-state index in [4.69, 9.17) is 0 Å². The van der Waals surface area contributed by atoms with Crippen LogP contribution in [0.25, 0.3) is 11.1 Å². The molecule has 1 aliphatic heterocycles. The molecule has 7 aromatic carbocycles. The Bertz CT molecular complexity index is 2080. The topological polar surface area (TPSA) is 6.48 Å². The highest BCUT2D eigenvalue weighted by atomic mass is 15.2. The van der Waals surface area contributed by atoms with Crippen molar-refractivity contribution < 1.29 is 0 Å². The minimum Gasteiger partial charge on any atom is -0.310 e. The largest absolute Gasteiger partial charge is 0.310 e. The Morgan fingerprint density at radius 2 is 0.844 bits per heavy atom. The molecule has 0 unspecified atom stereocenters.